The van der Waals surface area contributed by atoms with Gasteiger partial charge in [0.1, 0.15) is 5.82 Å². The third-order valence-electron chi connectivity index (χ3n) is 6.73. The fourth-order valence-corrected chi connectivity index (χ4v) is 4.96. The number of aliphatic hydroxyl groups is 2. The Balaban J connectivity index is 1.69. The summed E-state index contributed by atoms with van der Waals surface area (Å²) in [4.78, 5) is 28.5. The number of alkyl halides is 3. The maximum Gasteiger partial charge on any atom is 0.417 e. The van der Waals surface area contributed by atoms with E-state index in [1.807, 2.05) is 0 Å². The van der Waals surface area contributed by atoms with Crippen LogP contribution < -0.4 is 15.1 Å². The highest BCUT2D eigenvalue weighted by atomic mass is 19.4. The van der Waals surface area contributed by atoms with E-state index in [2.05, 4.69) is 5.32 Å². The highest BCUT2D eigenvalue weighted by molar-refractivity contribution is 6.08. The van der Waals surface area contributed by atoms with Gasteiger partial charge in [-0.05, 0) is 49.2 Å². The van der Waals surface area contributed by atoms with Crippen molar-refractivity contribution in [2.45, 2.75) is 50.0 Å². The molecule has 1 aliphatic carbocycles. The van der Waals surface area contributed by atoms with E-state index >= 15 is 0 Å². The number of urea groups is 1. The Morgan fingerprint density at radius 1 is 1.05 bits per heavy atom. The largest absolute Gasteiger partial charge is 0.417 e. The first-order valence-corrected chi connectivity index (χ1v) is 11.7. The second-order valence-electron chi connectivity index (χ2n) is 8.98. The minimum atomic E-state index is -4.79. The molecule has 196 valence electrons. The van der Waals surface area contributed by atoms with E-state index in [-0.39, 0.29) is 16.9 Å². The van der Waals surface area contributed by atoms with Gasteiger partial charge in [-0.1, -0.05) is 12.8 Å². The number of halogens is 4. The zero-order valence-electron chi connectivity index (χ0n) is 19.5. The summed E-state index contributed by atoms with van der Waals surface area (Å²) in [7, 11) is 0. The molecule has 2 atom stereocenters. The van der Waals surface area contributed by atoms with Crippen LogP contribution in [0.5, 0.6) is 0 Å². The molecule has 2 fully saturated rings. The van der Waals surface area contributed by atoms with Crippen molar-refractivity contribution < 1.29 is 37.4 Å². The van der Waals surface area contributed by atoms with Crippen molar-refractivity contribution in [3.63, 3.8) is 0 Å². The number of nitriles is 1. The number of carbonyl (C=O) groups is 2. The molecule has 1 heterocycles. The maximum absolute atomic E-state index is 15.0. The van der Waals surface area contributed by atoms with Gasteiger partial charge in [0.2, 0.25) is 0 Å². The number of aliphatic hydroxyl groups excluding tert-OH is 2. The standard InChI is InChI=1S/C25H24F4N4O4/c26-20-10-17(7-8-18(20)23(36)31-15(12-34)13-35)33-22-4-2-1-3-21(22)32(24(33)37)16-6-5-14(11-30)19(9-16)25(27,28)29/h5-10,15,21-22,34-35H,1-4,12-13H2,(H,31,36)/t21-,22-/m0/s1. The first-order valence-electron chi connectivity index (χ1n) is 11.7. The molecule has 0 aromatic heterocycles. The summed E-state index contributed by atoms with van der Waals surface area (Å²) in [6, 6.07) is 5.70. The van der Waals surface area contributed by atoms with Crippen LogP contribution in [0.4, 0.5) is 33.7 Å². The topological polar surface area (TPSA) is 117 Å². The molecule has 8 nitrogen and oxygen atoms in total. The minimum absolute atomic E-state index is 0.00811. The number of nitrogens with one attached hydrogen (secondary N) is 1. The quantitative estimate of drug-likeness (QED) is 0.504. The van der Waals surface area contributed by atoms with E-state index < -0.39 is 66.4 Å². The number of hydrogen-bond donors (Lipinski definition) is 3. The van der Waals surface area contributed by atoms with Crippen LogP contribution in [0.2, 0.25) is 0 Å². The van der Waals surface area contributed by atoms with E-state index in [1.165, 1.54) is 34.1 Å². The van der Waals surface area contributed by atoms with E-state index in [9.17, 15) is 27.2 Å². The molecule has 1 saturated carbocycles. The first kappa shape index (κ1) is 26.4. The second kappa shape index (κ2) is 10.4. The third kappa shape index (κ3) is 4.97. The predicted octanol–water partition coefficient (Wildman–Crippen LogP) is 3.56. The molecular weight excluding hydrogens is 496 g/mol. The van der Waals surface area contributed by atoms with Crippen molar-refractivity contribution in [1.29, 1.82) is 5.26 Å². The highest BCUT2D eigenvalue weighted by Gasteiger charge is 2.48. The van der Waals surface area contributed by atoms with E-state index in [0.717, 1.165) is 31.0 Å². The number of rotatable bonds is 6. The van der Waals surface area contributed by atoms with Crippen LogP contribution in [-0.2, 0) is 6.18 Å². The molecule has 12 heteroatoms. The first-order chi connectivity index (χ1) is 17.6. The van der Waals surface area contributed by atoms with Gasteiger partial charge < -0.3 is 15.5 Å². The molecule has 3 amide bonds. The fourth-order valence-electron chi connectivity index (χ4n) is 4.96. The van der Waals surface area contributed by atoms with Gasteiger partial charge in [-0.25, -0.2) is 9.18 Å². The van der Waals surface area contributed by atoms with Crippen LogP contribution in [0.25, 0.3) is 0 Å². The van der Waals surface area contributed by atoms with E-state index in [4.69, 9.17) is 15.5 Å². The SMILES string of the molecule is N#Cc1ccc(N2C(=O)N(c3ccc(C(=O)NC(CO)CO)c(F)c3)[C@H]3CCCC[C@@H]32)cc1C(F)(F)F. The summed E-state index contributed by atoms with van der Waals surface area (Å²) in [6.07, 6.45) is -2.19. The number of nitrogens with zero attached hydrogens (tertiary/aromatic N) is 3. The zero-order chi connectivity index (χ0) is 26.9. The Bertz CT molecular complexity index is 1240. The van der Waals surface area contributed by atoms with Gasteiger partial charge in [0.15, 0.2) is 0 Å². The summed E-state index contributed by atoms with van der Waals surface area (Å²) in [6.45, 7) is -1.09. The van der Waals surface area contributed by atoms with Gasteiger partial charge >= 0.3 is 12.2 Å². The Labute approximate surface area is 209 Å². The van der Waals surface area contributed by atoms with Crippen molar-refractivity contribution in [3.05, 3.63) is 58.9 Å². The fraction of sp³-hybridized carbons (Fsp3) is 0.400. The van der Waals surface area contributed by atoms with E-state index in [0.29, 0.717) is 12.8 Å². The molecule has 2 aromatic rings. The van der Waals surface area contributed by atoms with Gasteiger partial charge in [0, 0.05) is 11.4 Å². The molecule has 2 aliphatic rings. The summed E-state index contributed by atoms with van der Waals surface area (Å²) in [5.41, 5.74) is -1.92. The minimum Gasteiger partial charge on any atom is -0.394 e. The van der Waals surface area contributed by atoms with Gasteiger partial charge in [-0.2, -0.15) is 18.4 Å². The second-order valence-corrected chi connectivity index (χ2v) is 8.98. The van der Waals surface area contributed by atoms with Crippen molar-refractivity contribution in [2.75, 3.05) is 23.0 Å². The van der Waals surface area contributed by atoms with Crippen molar-refractivity contribution in [3.8, 4) is 6.07 Å². The molecule has 4 rings (SSSR count). The Morgan fingerprint density at radius 3 is 2.14 bits per heavy atom. The zero-order valence-corrected chi connectivity index (χ0v) is 19.5. The summed E-state index contributed by atoms with van der Waals surface area (Å²) < 4.78 is 55.7. The van der Waals surface area contributed by atoms with Crippen LogP contribution in [0.1, 0.15) is 47.2 Å². The van der Waals surface area contributed by atoms with Crippen molar-refractivity contribution in [2.24, 2.45) is 0 Å². The Morgan fingerprint density at radius 2 is 1.62 bits per heavy atom. The van der Waals surface area contributed by atoms with Crippen molar-refractivity contribution >= 4 is 23.3 Å². The third-order valence-corrected chi connectivity index (χ3v) is 6.73. The van der Waals surface area contributed by atoms with Crippen LogP contribution in [-0.4, -0.2) is 53.5 Å². The summed E-state index contributed by atoms with van der Waals surface area (Å²) >= 11 is 0. The molecular formula is C25H24F4N4O4. The van der Waals surface area contributed by atoms with Crippen molar-refractivity contribution in [1.82, 2.24) is 5.32 Å². The van der Waals surface area contributed by atoms with Crippen LogP contribution in [0, 0.1) is 17.1 Å². The highest BCUT2D eigenvalue weighted by Crippen LogP contribution is 2.42. The molecule has 0 spiro atoms. The number of amides is 3. The number of benzene rings is 2. The van der Waals surface area contributed by atoms with Crippen LogP contribution in [0.15, 0.2) is 36.4 Å². The molecule has 0 unspecified atom stereocenters. The van der Waals surface area contributed by atoms with Gasteiger partial charge in [0.25, 0.3) is 5.91 Å². The Hall–Kier alpha value is -3.69. The molecule has 1 saturated heterocycles. The molecule has 3 N–H and O–H groups in total. The number of carbonyl (C=O) groups excluding carboxylic acids is 2. The number of hydrogen-bond acceptors (Lipinski definition) is 5. The lowest BCUT2D eigenvalue weighted by molar-refractivity contribution is -0.137. The maximum atomic E-state index is 15.0. The molecule has 0 bridgehead atoms. The average Bonchev–Trinajstić information content (AvgIpc) is 3.17. The number of fused-ring (bicyclic) bond motifs is 1. The van der Waals surface area contributed by atoms with Gasteiger partial charge in [-0.15, -0.1) is 0 Å². The predicted molar refractivity (Wildman–Crippen MR) is 124 cm³/mol. The Kier molecular flexibility index (Phi) is 7.38. The van der Waals surface area contributed by atoms with Gasteiger partial charge in [-0.3, -0.25) is 14.6 Å². The molecule has 1 aliphatic heterocycles. The lowest BCUT2D eigenvalue weighted by atomic mass is 9.89. The molecule has 37 heavy (non-hydrogen) atoms. The summed E-state index contributed by atoms with van der Waals surface area (Å²) in [5.74, 6) is -1.81. The summed E-state index contributed by atoms with van der Waals surface area (Å²) in [5, 5.41) is 29.7. The molecule has 2 aromatic carbocycles. The average molecular weight is 520 g/mol. The van der Waals surface area contributed by atoms with E-state index in [1.54, 1.807) is 0 Å². The lowest BCUT2D eigenvalue weighted by Crippen LogP contribution is -2.41. The number of anilines is 2. The molecule has 0 radical (unpaired) electrons. The monoisotopic (exact) mass is 520 g/mol. The normalized spacial score (nSPS) is 19.7. The van der Waals surface area contributed by atoms with Crippen LogP contribution >= 0.6 is 0 Å². The van der Waals surface area contributed by atoms with Crippen LogP contribution in [0.3, 0.4) is 0 Å². The smallest absolute Gasteiger partial charge is 0.394 e. The van der Waals surface area contributed by atoms with Gasteiger partial charge in [0.05, 0.1) is 54.1 Å². The lowest BCUT2D eigenvalue weighted by Gasteiger charge is -2.32.